The first-order valence-electron chi connectivity index (χ1n) is 9.05. The third-order valence-electron chi connectivity index (χ3n) is 4.51. The number of amidine groups is 1. The topological polar surface area (TPSA) is 94.9 Å². The number of rotatable bonds is 7. The molecule has 0 aromatic heterocycles. The fraction of sp³-hybridized carbons (Fsp3) is 0.550. The Morgan fingerprint density at radius 3 is 2.23 bits per heavy atom. The first kappa shape index (κ1) is 20.1. The standard InChI is InChI=1S/C20H32N4O2/c1-12(2)10-20(22)23-11-15(19(21)24-20)7-14-8-17(25-5)18(26-6)9-16(14)13(3)4/h8-9,11-13,23H,7,10,22H2,1-6H3,(H2,21,24). The van der Waals surface area contributed by atoms with Crippen LogP contribution < -0.4 is 26.3 Å². The van der Waals surface area contributed by atoms with Gasteiger partial charge in [0.1, 0.15) is 5.84 Å². The molecule has 144 valence electrons. The van der Waals surface area contributed by atoms with Gasteiger partial charge in [-0.05, 0) is 35.1 Å². The maximum Gasteiger partial charge on any atom is 0.184 e. The highest BCUT2D eigenvalue weighted by atomic mass is 16.5. The smallest absolute Gasteiger partial charge is 0.184 e. The van der Waals surface area contributed by atoms with Crippen LogP contribution in [-0.4, -0.2) is 25.8 Å². The number of hydrogen-bond donors (Lipinski definition) is 3. The fourth-order valence-corrected chi connectivity index (χ4v) is 3.31. The maximum absolute atomic E-state index is 6.31. The molecule has 1 aromatic carbocycles. The van der Waals surface area contributed by atoms with Gasteiger partial charge < -0.3 is 20.5 Å². The first-order valence-corrected chi connectivity index (χ1v) is 9.05. The largest absolute Gasteiger partial charge is 0.493 e. The van der Waals surface area contributed by atoms with Gasteiger partial charge >= 0.3 is 0 Å². The summed E-state index contributed by atoms with van der Waals surface area (Å²) in [5.74, 6) is 1.85. The first-order chi connectivity index (χ1) is 12.2. The van der Waals surface area contributed by atoms with Crippen molar-refractivity contribution in [1.82, 2.24) is 5.32 Å². The molecule has 6 nitrogen and oxygen atoms in total. The number of benzene rings is 1. The zero-order valence-corrected chi connectivity index (χ0v) is 16.7. The molecule has 0 saturated carbocycles. The molecule has 1 aromatic rings. The van der Waals surface area contributed by atoms with Crippen LogP contribution in [-0.2, 0) is 6.42 Å². The van der Waals surface area contributed by atoms with Crippen LogP contribution in [0.2, 0.25) is 0 Å². The molecule has 0 saturated heterocycles. The predicted octanol–water partition coefficient (Wildman–Crippen LogP) is 2.87. The minimum atomic E-state index is -0.833. The molecule has 1 heterocycles. The van der Waals surface area contributed by atoms with E-state index in [1.165, 1.54) is 5.56 Å². The Bertz CT molecular complexity index is 710. The summed E-state index contributed by atoms with van der Waals surface area (Å²) in [7, 11) is 3.29. The Morgan fingerprint density at radius 1 is 1.12 bits per heavy atom. The summed E-state index contributed by atoms with van der Waals surface area (Å²) in [6.07, 6.45) is 3.25. The minimum Gasteiger partial charge on any atom is -0.493 e. The molecule has 1 aliphatic rings. The van der Waals surface area contributed by atoms with E-state index in [4.69, 9.17) is 20.9 Å². The second-order valence-electron chi connectivity index (χ2n) is 7.57. The van der Waals surface area contributed by atoms with Gasteiger partial charge in [-0.15, -0.1) is 0 Å². The lowest BCUT2D eigenvalue weighted by Gasteiger charge is -2.32. The number of nitrogens with two attached hydrogens (primary N) is 2. The van der Waals surface area contributed by atoms with Crippen LogP contribution >= 0.6 is 0 Å². The summed E-state index contributed by atoms with van der Waals surface area (Å²) < 4.78 is 10.9. The van der Waals surface area contributed by atoms with Crippen molar-refractivity contribution in [2.24, 2.45) is 22.4 Å². The number of hydrogen-bond acceptors (Lipinski definition) is 6. The van der Waals surface area contributed by atoms with E-state index in [2.05, 4.69) is 38.0 Å². The van der Waals surface area contributed by atoms with Crippen LogP contribution in [0.4, 0.5) is 0 Å². The van der Waals surface area contributed by atoms with Crippen molar-refractivity contribution in [1.29, 1.82) is 0 Å². The molecule has 0 radical (unpaired) electrons. The van der Waals surface area contributed by atoms with Gasteiger partial charge in [0.25, 0.3) is 0 Å². The molecule has 0 fully saturated rings. The Labute approximate surface area is 156 Å². The average Bonchev–Trinajstić information content (AvgIpc) is 2.55. The Hall–Kier alpha value is -2.21. The molecular weight excluding hydrogens is 328 g/mol. The summed E-state index contributed by atoms with van der Waals surface area (Å²) in [5, 5.41) is 3.22. The van der Waals surface area contributed by atoms with E-state index in [1.54, 1.807) is 14.2 Å². The number of nitrogens with zero attached hydrogens (tertiary/aromatic N) is 1. The highest BCUT2D eigenvalue weighted by Crippen LogP contribution is 2.35. The normalized spacial score (nSPS) is 19.9. The van der Waals surface area contributed by atoms with Crippen molar-refractivity contribution < 1.29 is 9.47 Å². The second-order valence-corrected chi connectivity index (χ2v) is 7.57. The van der Waals surface area contributed by atoms with Gasteiger partial charge in [-0.3, -0.25) is 5.73 Å². The van der Waals surface area contributed by atoms with Crippen molar-refractivity contribution in [3.05, 3.63) is 35.0 Å². The van der Waals surface area contributed by atoms with Crippen LogP contribution in [0.5, 0.6) is 11.5 Å². The van der Waals surface area contributed by atoms with Crippen LogP contribution in [0.1, 0.15) is 51.2 Å². The molecule has 1 aliphatic heterocycles. The summed E-state index contributed by atoms with van der Waals surface area (Å²) in [5.41, 5.74) is 15.8. The Kier molecular flexibility index (Phi) is 6.18. The molecule has 0 aliphatic carbocycles. The van der Waals surface area contributed by atoms with E-state index in [0.717, 1.165) is 16.9 Å². The number of ether oxygens (including phenoxy) is 2. The molecule has 26 heavy (non-hydrogen) atoms. The van der Waals surface area contributed by atoms with E-state index in [-0.39, 0.29) is 0 Å². The van der Waals surface area contributed by atoms with Crippen LogP contribution in [0.3, 0.4) is 0 Å². The molecule has 0 spiro atoms. The highest BCUT2D eigenvalue weighted by molar-refractivity contribution is 5.98. The van der Waals surface area contributed by atoms with E-state index in [9.17, 15) is 0 Å². The second kappa shape index (κ2) is 7.99. The zero-order valence-electron chi connectivity index (χ0n) is 16.7. The van der Waals surface area contributed by atoms with Crippen LogP contribution in [0.25, 0.3) is 0 Å². The molecule has 2 rings (SSSR count). The minimum absolute atomic E-state index is 0.342. The summed E-state index contributed by atoms with van der Waals surface area (Å²) in [4.78, 5) is 4.52. The number of methoxy groups -OCH3 is 2. The van der Waals surface area contributed by atoms with Gasteiger partial charge in [0.15, 0.2) is 17.3 Å². The van der Waals surface area contributed by atoms with Gasteiger partial charge in [0.2, 0.25) is 0 Å². The van der Waals surface area contributed by atoms with E-state index in [0.29, 0.717) is 36.3 Å². The van der Waals surface area contributed by atoms with Gasteiger partial charge in [-0.1, -0.05) is 27.7 Å². The van der Waals surface area contributed by atoms with Crippen molar-refractivity contribution in [2.45, 2.75) is 52.2 Å². The van der Waals surface area contributed by atoms with Gasteiger partial charge in [-0.2, -0.15) is 0 Å². The van der Waals surface area contributed by atoms with Gasteiger partial charge in [0, 0.05) is 24.6 Å². The SMILES string of the molecule is COc1cc(CC2=CNC(N)(CC(C)C)N=C2N)c(C(C)C)cc1OC. The third-order valence-corrected chi connectivity index (χ3v) is 4.51. The monoisotopic (exact) mass is 360 g/mol. The zero-order chi connectivity index (χ0) is 19.5. The van der Waals surface area contributed by atoms with E-state index in [1.807, 2.05) is 18.3 Å². The molecule has 1 atom stereocenters. The lowest BCUT2D eigenvalue weighted by molar-refractivity contribution is 0.314. The van der Waals surface area contributed by atoms with Crippen molar-refractivity contribution >= 4 is 5.84 Å². The van der Waals surface area contributed by atoms with Gasteiger partial charge in [-0.25, -0.2) is 4.99 Å². The average molecular weight is 361 g/mol. The van der Waals surface area contributed by atoms with Crippen LogP contribution in [0.15, 0.2) is 28.9 Å². The summed E-state index contributed by atoms with van der Waals surface area (Å²) in [6, 6.07) is 4.05. The quantitative estimate of drug-likeness (QED) is 0.695. The molecule has 5 N–H and O–H groups in total. The van der Waals surface area contributed by atoms with Crippen LogP contribution in [0, 0.1) is 5.92 Å². The number of aliphatic imine (C=N–C) groups is 1. The van der Waals surface area contributed by atoms with Gasteiger partial charge in [0.05, 0.1) is 14.2 Å². The van der Waals surface area contributed by atoms with Crippen molar-refractivity contribution in [3.63, 3.8) is 0 Å². The molecule has 1 unspecified atom stereocenters. The predicted molar refractivity (Wildman–Crippen MR) is 107 cm³/mol. The highest BCUT2D eigenvalue weighted by Gasteiger charge is 2.28. The molecule has 0 amide bonds. The number of nitrogens with one attached hydrogen (secondary N) is 1. The molecular formula is C20H32N4O2. The van der Waals surface area contributed by atoms with E-state index < -0.39 is 5.79 Å². The fourth-order valence-electron chi connectivity index (χ4n) is 3.31. The van der Waals surface area contributed by atoms with Crippen molar-refractivity contribution in [3.8, 4) is 11.5 Å². The molecule has 0 bridgehead atoms. The lowest BCUT2D eigenvalue weighted by Crippen LogP contribution is -2.54. The lowest BCUT2D eigenvalue weighted by atomic mass is 9.91. The summed E-state index contributed by atoms with van der Waals surface area (Å²) in [6.45, 7) is 8.53. The Morgan fingerprint density at radius 2 is 1.73 bits per heavy atom. The maximum atomic E-state index is 6.31. The third kappa shape index (κ3) is 4.49. The van der Waals surface area contributed by atoms with E-state index >= 15 is 0 Å². The Balaban J connectivity index is 2.32. The molecule has 6 heteroatoms. The van der Waals surface area contributed by atoms with Crippen molar-refractivity contribution in [2.75, 3.05) is 14.2 Å². The summed E-state index contributed by atoms with van der Waals surface area (Å²) >= 11 is 0.